The lowest BCUT2D eigenvalue weighted by atomic mass is 9.99. The predicted molar refractivity (Wildman–Crippen MR) is 128 cm³/mol. The fraction of sp³-hybridized carbons (Fsp3) is 0.120. The maximum atomic E-state index is 9.12. The van der Waals surface area contributed by atoms with E-state index in [0.29, 0.717) is 27.2 Å². The zero-order valence-electron chi connectivity index (χ0n) is 17.1. The van der Waals surface area contributed by atoms with E-state index in [-0.39, 0.29) is 6.10 Å². The van der Waals surface area contributed by atoms with Gasteiger partial charge in [0.15, 0.2) is 0 Å². The number of hydrogen-bond donors (Lipinski definition) is 0. The average molecular weight is 483 g/mol. The molecule has 160 valence electrons. The topological polar surface area (TPSA) is 50.8 Å². The molecule has 0 saturated heterocycles. The molecule has 32 heavy (non-hydrogen) atoms. The summed E-state index contributed by atoms with van der Waals surface area (Å²) in [5, 5.41) is 10.7. The molecule has 0 aliphatic heterocycles. The van der Waals surface area contributed by atoms with Crippen LogP contribution < -0.4 is 0 Å². The molecular weight excluding hydrogens is 465 g/mol. The molecule has 1 aromatic heterocycles. The van der Waals surface area contributed by atoms with Gasteiger partial charge in [0.05, 0.1) is 46.5 Å². The molecule has 0 bridgehead atoms. The van der Waals surface area contributed by atoms with Crippen LogP contribution in [0.4, 0.5) is 0 Å². The van der Waals surface area contributed by atoms with E-state index >= 15 is 0 Å². The number of nitriles is 1. The molecule has 1 atom stereocenters. The summed E-state index contributed by atoms with van der Waals surface area (Å²) >= 11 is 19.0. The summed E-state index contributed by atoms with van der Waals surface area (Å²) in [5.41, 5.74) is 4.96. The van der Waals surface area contributed by atoms with Crippen LogP contribution >= 0.6 is 34.8 Å². The average Bonchev–Trinajstić information content (AvgIpc) is 3.22. The van der Waals surface area contributed by atoms with Crippen molar-refractivity contribution in [2.24, 2.45) is 7.05 Å². The Labute approximate surface area is 201 Å². The number of ether oxygens (including phenoxy) is 1. The second kappa shape index (κ2) is 9.77. The lowest BCUT2D eigenvalue weighted by Crippen LogP contribution is -2.11. The van der Waals surface area contributed by atoms with Gasteiger partial charge in [0.2, 0.25) is 0 Å². The van der Waals surface area contributed by atoms with Gasteiger partial charge in [-0.3, -0.25) is 0 Å². The van der Waals surface area contributed by atoms with Gasteiger partial charge < -0.3 is 9.30 Å². The van der Waals surface area contributed by atoms with Crippen molar-refractivity contribution in [3.05, 3.63) is 111 Å². The molecule has 4 rings (SSSR count). The van der Waals surface area contributed by atoms with E-state index in [9.17, 15) is 0 Å². The molecule has 7 heteroatoms. The molecule has 1 heterocycles. The smallest absolute Gasteiger partial charge is 0.124 e. The van der Waals surface area contributed by atoms with Gasteiger partial charge in [0, 0.05) is 17.6 Å². The Morgan fingerprint density at radius 1 is 1.03 bits per heavy atom. The van der Waals surface area contributed by atoms with Crippen molar-refractivity contribution >= 4 is 34.8 Å². The molecular formula is C25H18Cl3N3O. The van der Waals surface area contributed by atoms with E-state index in [1.165, 1.54) is 0 Å². The summed E-state index contributed by atoms with van der Waals surface area (Å²) in [6.45, 7) is 0.297. The second-order valence-electron chi connectivity index (χ2n) is 7.26. The van der Waals surface area contributed by atoms with Crippen LogP contribution in [0.2, 0.25) is 15.1 Å². The molecule has 4 aromatic rings. The van der Waals surface area contributed by atoms with E-state index < -0.39 is 0 Å². The lowest BCUT2D eigenvalue weighted by molar-refractivity contribution is 0.0624. The van der Waals surface area contributed by atoms with Gasteiger partial charge in [-0.25, -0.2) is 4.98 Å². The van der Waals surface area contributed by atoms with Crippen LogP contribution in [-0.2, 0) is 18.4 Å². The first-order valence-electron chi connectivity index (χ1n) is 9.78. The predicted octanol–water partition coefficient (Wildman–Crippen LogP) is 7.23. The van der Waals surface area contributed by atoms with Crippen molar-refractivity contribution in [2.45, 2.75) is 12.7 Å². The number of benzene rings is 3. The number of nitrogens with zero attached hydrogens (tertiary/aromatic N) is 3. The van der Waals surface area contributed by atoms with Gasteiger partial charge in [0.25, 0.3) is 0 Å². The Hall–Kier alpha value is -2.81. The highest BCUT2D eigenvalue weighted by Gasteiger charge is 2.20. The van der Waals surface area contributed by atoms with Crippen LogP contribution in [0.15, 0.2) is 73.2 Å². The van der Waals surface area contributed by atoms with Gasteiger partial charge in [0.1, 0.15) is 6.10 Å². The highest BCUT2D eigenvalue weighted by Crippen LogP contribution is 2.37. The van der Waals surface area contributed by atoms with Crippen molar-refractivity contribution in [1.29, 1.82) is 5.26 Å². The molecule has 0 radical (unpaired) electrons. The third-order valence-corrected chi connectivity index (χ3v) is 6.24. The third-order valence-electron chi connectivity index (χ3n) is 5.18. The number of halogens is 3. The van der Waals surface area contributed by atoms with Crippen molar-refractivity contribution in [3.63, 3.8) is 0 Å². The summed E-state index contributed by atoms with van der Waals surface area (Å²) in [5.74, 6) is 0. The van der Waals surface area contributed by atoms with Crippen LogP contribution in [0.3, 0.4) is 0 Å². The molecule has 0 N–H and O–H groups in total. The van der Waals surface area contributed by atoms with E-state index in [2.05, 4.69) is 11.1 Å². The number of imidazole rings is 1. The Bertz CT molecular complexity index is 1290. The van der Waals surface area contributed by atoms with E-state index in [0.717, 1.165) is 27.9 Å². The standard InChI is InChI=1S/C25H18Cl3N3O/c1-31-15-30-13-23(31)25(17-7-5-16(12-29)6-8-17)32-14-18-9-10-19(26)11-21(18)20-3-2-4-22(27)24(20)28/h2-11,13,15,25H,14H2,1H3. The summed E-state index contributed by atoms with van der Waals surface area (Å²) in [7, 11) is 1.92. The van der Waals surface area contributed by atoms with Crippen molar-refractivity contribution in [1.82, 2.24) is 9.55 Å². The van der Waals surface area contributed by atoms with Crippen LogP contribution in [0, 0.1) is 11.3 Å². The minimum absolute atomic E-state index is 0.297. The van der Waals surface area contributed by atoms with E-state index in [1.807, 2.05) is 54.1 Å². The number of aryl methyl sites for hydroxylation is 1. The van der Waals surface area contributed by atoms with Crippen LogP contribution in [0.1, 0.15) is 28.5 Å². The molecule has 0 spiro atoms. The van der Waals surface area contributed by atoms with E-state index in [4.69, 9.17) is 44.8 Å². The van der Waals surface area contributed by atoms with Crippen molar-refractivity contribution < 1.29 is 4.74 Å². The molecule has 0 aliphatic rings. The van der Waals surface area contributed by atoms with E-state index in [1.54, 1.807) is 30.7 Å². The van der Waals surface area contributed by atoms with Crippen molar-refractivity contribution in [2.75, 3.05) is 0 Å². The number of aromatic nitrogens is 2. The van der Waals surface area contributed by atoms with Crippen LogP contribution in [-0.4, -0.2) is 9.55 Å². The molecule has 1 unspecified atom stereocenters. The fourth-order valence-corrected chi connectivity index (χ4v) is 4.09. The monoisotopic (exact) mass is 481 g/mol. The first-order chi connectivity index (χ1) is 15.5. The molecule has 0 aliphatic carbocycles. The van der Waals surface area contributed by atoms with Gasteiger partial charge in [-0.1, -0.05) is 65.1 Å². The van der Waals surface area contributed by atoms with Crippen LogP contribution in [0.25, 0.3) is 11.1 Å². The van der Waals surface area contributed by atoms with Crippen molar-refractivity contribution in [3.8, 4) is 17.2 Å². The number of rotatable bonds is 6. The molecule has 4 nitrogen and oxygen atoms in total. The Balaban J connectivity index is 1.70. The Kier molecular flexibility index (Phi) is 6.83. The maximum absolute atomic E-state index is 9.12. The summed E-state index contributed by atoms with van der Waals surface area (Å²) in [4.78, 5) is 4.24. The molecule has 0 amide bonds. The summed E-state index contributed by atoms with van der Waals surface area (Å²) < 4.78 is 8.34. The molecule has 0 saturated carbocycles. The Morgan fingerprint density at radius 2 is 1.81 bits per heavy atom. The molecule has 3 aromatic carbocycles. The van der Waals surface area contributed by atoms with Gasteiger partial charge in [-0.05, 0) is 47.0 Å². The zero-order chi connectivity index (χ0) is 22.7. The Morgan fingerprint density at radius 3 is 2.50 bits per heavy atom. The quantitative estimate of drug-likeness (QED) is 0.291. The highest BCUT2D eigenvalue weighted by atomic mass is 35.5. The lowest BCUT2D eigenvalue weighted by Gasteiger charge is -2.21. The normalized spacial score (nSPS) is 11.8. The zero-order valence-corrected chi connectivity index (χ0v) is 19.4. The maximum Gasteiger partial charge on any atom is 0.124 e. The first-order valence-corrected chi connectivity index (χ1v) is 10.9. The summed E-state index contributed by atoms with van der Waals surface area (Å²) in [6.07, 6.45) is 3.13. The van der Waals surface area contributed by atoms with Gasteiger partial charge in [-0.2, -0.15) is 5.26 Å². The van der Waals surface area contributed by atoms with Gasteiger partial charge >= 0.3 is 0 Å². The minimum Gasteiger partial charge on any atom is -0.362 e. The number of hydrogen-bond acceptors (Lipinski definition) is 3. The fourth-order valence-electron chi connectivity index (χ4n) is 3.52. The highest BCUT2D eigenvalue weighted by molar-refractivity contribution is 6.43. The SMILES string of the molecule is Cn1cncc1C(OCc1ccc(Cl)cc1-c1cccc(Cl)c1Cl)c1ccc(C#N)cc1. The minimum atomic E-state index is -0.381. The van der Waals surface area contributed by atoms with Crippen LogP contribution in [0.5, 0.6) is 0 Å². The second-order valence-corrected chi connectivity index (χ2v) is 8.48. The summed E-state index contributed by atoms with van der Waals surface area (Å²) in [6, 6.07) is 20.6. The third kappa shape index (κ3) is 4.67. The molecule has 0 fully saturated rings. The first kappa shape index (κ1) is 22.4. The van der Waals surface area contributed by atoms with Gasteiger partial charge in [-0.15, -0.1) is 0 Å². The largest absolute Gasteiger partial charge is 0.362 e.